The zero-order valence-electron chi connectivity index (χ0n) is 12.1. The molecule has 0 aliphatic rings. The van der Waals surface area contributed by atoms with Crippen LogP contribution in [0.1, 0.15) is 6.92 Å². The molecule has 0 saturated carbocycles. The van der Waals surface area contributed by atoms with Crippen molar-refractivity contribution in [1.82, 2.24) is 0 Å². The number of carbonyl (C=O) groups is 3. The molecule has 0 aromatic heterocycles. The van der Waals surface area contributed by atoms with Crippen LogP contribution in [0.25, 0.3) is 0 Å². The topological polar surface area (TPSA) is 162 Å². The maximum absolute atomic E-state index is 11.0. The fraction of sp³-hybridized carbons (Fsp3) is 0.462. The normalized spacial score (nSPS) is 10.1. The van der Waals surface area contributed by atoms with Gasteiger partial charge in [-0.3, -0.25) is 0 Å². The molecule has 23 heavy (non-hydrogen) atoms. The second kappa shape index (κ2) is 14.6. The number of aliphatic hydroxyl groups excluding tert-OH is 3. The van der Waals surface area contributed by atoms with E-state index < -0.39 is 43.1 Å². The number of carbonyl (C=O) groups excluding carboxylic acids is 1. The summed E-state index contributed by atoms with van der Waals surface area (Å²) in [5.41, 5.74) is -0.946. The molecule has 0 aliphatic carbocycles. The first-order chi connectivity index (χ1) is 10.1. The summed E-state index contributed by atoms with van der Waals surface area (Å²) < 4.78 is 4.72. The van der Waals surface area contributed by atoms with Gasteiger partial charge in [-0.25, -0.2) is 14.4 Å². The van der Waals surface area contributed by atoms with Gasteiger partial charge in [-0.1, -0.05) is 6.58 Å². The monoisotopic (exact) mass is 362 g/mol. The van der Waals surface area contributed by atoms with E-state index in [1.165, 1.54) is 6.92 Å². The van der Waals surface area contributed by atoms with Crippen LogP contribution < -0.4 is 0 Å². The summed E-state index contributed by atoms with van der Waals surface area (Å²) in [6, 6.07) is 0. The molecule has 0 aromatic carbocycles. The predicted octanol–water partition coefficient (Wildman–Crippen LogP) is -2.14. The second-order valence-corrected chi connectivity index (χ2v) is 4.34. The third-order valence-corrected chi connectivity index (χ3v) is 2.23. The molecule has 0 aromatic rings. The molecule has 0 saturated heterocycles. The minimum absolute atomic E-state index is 0. The average molecular weight is 362 g/mol. The van der Waals surface area contributed by atoms with Crippen LogP contribution in [0, 0.1) is 5.41 Å². The number of hydrogen-bond acceptors (Lipinski definition) is 7. The Morgan fingerprint density at radius 1 is 1.00 bits per heavy atom. The fourth-order valence-electron chi connectivity index (χ4n) is 0.771. The summed E-state index contributed by atoms with van der Waals surface area (Å²) in [7, 11) is 0. The van der Waals surface area contributed by atoms with Gasteiger partial charge in [0.2, 0.25) is 0 Å². The van der Waals surface area contributed by atoms with E-state index in [4.69, 9.17) is 30.3 Å². The number of ether oxygens (including phenoxy) is 1. The first-order valence-corrected chi connectivity index (χ1v) is 5.93. The third-order valence-electron chi connectivity index (χ3n) is 2.23. The van der Waals surface area contributed by atoms with Crippen molar-refractivity contribution < 1.29 is 44.7 Å². The van der Waals surface area contributed by atoms with E-state index in [-0.39, 0.29) is 49.9 Å². The van der Waals surface area contributed by atoms with Gasteiger partial charge in [0.1, 0.15) is 6.61 Å². The van der Waals surface area contributed by atoms with Gasteiger partial charge in [-0.2, -0.15) is 0 Å². The molecule has 0 unspecified atom stereocenters. The molecule has 0 fully saturated rings. The number of carboxylic acids is 2. The molecule has 0 radical (unpaired) electrons. The van der Waals surface area contributed by atoms with Gasteiger partial charge in [0.05, 0.1) is 25.2 Å². The van der Waals surface area contributed by atoms with E-state index in [1.54, 1.807) is 0 Å². The molecule has 0 amide bonds. The molecular weight excluding hydrogens is 340 g/mol. The van der Waals surface area contributed by atoms with Crippen LogP contribution in [0.15, 0.2) is 24.3 Å². The summed E-state index contributed by atoms with van der Waals surface area (Å²) in [4.78, 5) is 30.1. The summed E-state index contributed by atoms with van der Waals surface area (Å²) in [5.74, 6) is -3.12. The second-order valence-electron chi connectivity index (χ2n) is 4.34. The molecule has 5 N–H and O–H groups in total. The van der Waals surface area contributed by atoms with Gasteiger partial charge >= 0.3 is 55.6 Å². The van der Waals surface area contributed by atoms with Crippen molar-refractivity contribution >= 4 is 55.6 Å². The Kier molecular flexibility index (Phi) is 17.1. The molecule has 0 spiro atoms. The van der Waals surface area contributed by atoms with E-state index in [2.05, 4.69) is 6.58 Å². The Bertz CT molecular complexity index is 403. The van der Waals surface area contributed by atoms with Crippen LogP contribution in [0.5, 0.6) is 0 Å². The van der Waals surface area contributed by atoms with Crippen molar-refractivity contribution in [2.75, 3.05) is 26.4 Å². The molecule has 0 bridgehead atoms. The number of esters is 1. The number of aliphatic hydroxyl groups is 3. The standard InChI is InChI=1S/C9H16O5.C4H4O4.Ca.2H/c1-7(2)8(13)14-6-9(3-10,4-11)5-12;5-3(6)1-2-4(7)8;;;/h10-12H,1,3-6H2,2H3;1-2H,(H,5,6)(H,7,8);;;/b;2-1-;;;. The Morgan fingerprint density at radius 2 is 1.35 bits per heavy atom. The molecule has 10 heteroatoms. The predicted molar refractivity (Wildman–Crippen MR) is 82.4 cm³/mol. The van der Waals surface area contributed by atoms with E-state index in [0.29, 0.717) is 12.2 Å². The van der Waals surface area contributed by atoms with Gasteiger partial charge in [0, 0.05) is 17.7 Å². The van der Waals surface area contributed by atoms with Gasteiger partial charge in [-0.15, -0.1) is 0 Å². The van der Waals surface area contributed by atoms with E-state index in [1.807, 2.05) is 0 Å². The summed E-state index contributed by atoms with van der Waals surface area (Å²) in [6.07, 6.45) is 1.12. The molecule has 0 aliphatic heterocycles. The number of carboxylic acid groups (broad SMARTS) is 2. The van der Waals surface area contributed by atoms with E-state index >= 15 is 0 Å². The van der Waals surface area contributed by atoms with Crippen LogP contribution in [-0.2, 0) is 19.1 Å². The molecule has 0 heterocycles. The van der Waals surface area contributed by atoms with Crippen molar-refractivity contribution in [3.05, 3.63) is 24.3 Å². The van der Waals surface area contributed by atoms with Gasteiger partial charge < -0.3 is 30.3 Å². The van der Waals surface area contributed by atoms with Crippen LogP contribution >= 0.6 is 0 Å². The zero-order chi connectivity index (χ0) is 17.8. The molecule has 130 valence electrons. The fourth-order valence-corrected chi connectivity index (χ4v) is 0.771. The third kappa shape index (κ3) is 14.4. The minimum atomic E-state index is -1.26. The van der Waals surface area contributed by atoms with Crippen LogP contribution in [0.4, 0.5) is 0 Å². The van der Waals surface area contributed by atoms with Crippen LogP contribution in [-0.4, -0.2) is 108 Å². The Morgan fingerprint density at radius 3 is 1.57 bits per heavy atom. The number of hydrogen-bond donors (Lipinski definition) is 5. The molecule has 0 rings (SSSR count). The van der Waals surface area contributed by atoms with Crippen LogP contribution in [0.2, 0.25) is 0 Å². The Balaban J connectivity index is -0.000000382. The maximum atomic E-state index is 11.0. The van der Waals surface area contributed by atoms with Crippen molar-refractivity contribution in [1.29, 1.82) is 0 Å². The zero-order valence-corrected chi connectivity index (χ0v) is 12.1. The first-order valence-electron chi connectivity index (χ1n) is 5.93. The number of aliphatic carboxylic acids is 2. The average Bonchev–Trinajstić information content (AvgIpc) is 2.47. The van der Waals surface area contributed by atoms with Gasteiger partial charge in [-0.05, 0) is 6.92 Å². The van der Waals surface area contributed by atoms with E-state index in [0.717, 1.165) is 0 Å². The Hall–Kier alpha value is -0.970. The summed E-state index contributed by atoms with van der Waals surface area (Å²) in [5, 5.41) is 42.3. The molecule has 0 atom stereocenters. The van der Waals surface area contributed by atoms with Crippen molar-refractivity contribution in [3.63, 3.8) is 0 Å². The van der Waals surface area contributed by atoms with Crippen molar-refractivity contribution in [3.8, 4) is 0 Å². The summed E-state index contributed by atoms with van der Waals surface area (Å²) >= 11 is 0. The quantitative estimate of drug-likeness (QED) is 0.184. The molecular formula is C13H22CaO9. The SMILES string of the molecule is C=C(C)C(=O)OCC(CO)(CO)CO.O=C(O)/C=C\C(=O)O.[CaH2]. The number of rotatable bonds is 8. The van der Waals surface area contributed by atoms with Crippen LogP contribution in [0.3, 0.4) is 0 Å². The Labute approximate surface area is 162 Å². The van der Waals surface area contributed by atoms with Crippen molar-refractivity contribution in [2.45, 2.75) is 6.92 Å². The first kappa shape index (κ1) is 26.9. The van der Waals surface area contributed by atoms with Gasteiger partial charge in [0.25, 0.3) is 0 Å². The van der Waals surface area contributed by atoms with Crippen molar-refractivity contribution in [2.24, 2.45) is 5.41 Å². The van der Waals surface area contributed by atoms with Gasteiger partial charge in [0.15, 0.2) is 0 Å². The summed E-state index contributed by atoms with van der Waals surface area (Å²) in [6.45, 7) is 3.26. The van der Waals surface area contributed by atoms with E-state index in [9.17, 15) is 14.4 Å². The molecule has 9 nitrogen and oxygen atoms in total.